The number of halogens is 1. The van der Waals surface area contributed by atoms with Crippen LogP contribution in [0.25, 0.3) is 0 Å². The summed E-state index contributed by atoms with van der Waals surface area (Å²) in [5.74, 6) is 1.25. The number of sulfonamides is 1. The summed E-state index contributed by atoms with van der Waals surface area (Å²) in [6.45, 7) is 0.636. The van der Waals surface area contributed by atoms with Crippen LogP contribution >= 0.6 is 15.9 Å². The van der Waals surface area contributed by atoms with E-state index in [-0.39, 0.29) is 0 Å². The van der Waals surface area contributed by atoms with Gasteiger partial charge in [-0.25, -0.2) is 13.1 Å². The van der Waals surface area contributed by atoms with E-state index in [1.807, 2.05) is 0 Å². The Hall–Kier alpha value is 0.390. The molecule has 0 bridgehead atoms. The third-order valence-electron chi connectivity index (χ3n) is 4.49. The molecule has 0 aromatic rings. The van der Waals surface area contributed by atoms with Crippen LogP contribution in [0.15, 0.2) is 0 Å². The van der Waals surface area contributed by atoms with Gasteiger partial charge in [0.25, 0.3) is 0 Å². The lowest BCUT2D eigenvalue weighted by Crippen LogP contribution is -2.35. The molecule has 0 aliphatic heterocycles. The third kappa shape index (κ3) is 5.72. The Labute approximate surface area is 126 Å². The molecular formula is C14H26BrNO2S. The lowest BCUT2D eigenvalue weighted by Gasteiger charge is -2.26. The van der Waals surface area contributed by atoms with Crippen molar-refractivity contribution in [1.29, 1.82) is 0 Å². The van der Waals surface area contributed by atoms with Gasteiger partial charge < -0.3 is 0 Å². The van der Waals surface area contributed by atoms with Crippen LogP contribution < -0.4 is 4.72 Å². The Morgan fingerprint density at radius 3 is 2.32 bits per heavy atom. The molecule has 2 rings (SSSR count). The first kappa shape index (κ1) is 15.8. The van der Waals surface area contributed by atoms with Crippen LogP contribution in [0.4, 0.5) is 0 Å². The summed E-state index contributed by atoms with van der Waals surface area (Å²) in [6, 6.07) is 0. The summed E-state index contributed by atoms with van der Waals surface area (Å²) in [5.41, 5.74) is 0. The standard InChI is InChI=1S/C14H26BrNO2S/c15-14-8-4-7-13(9-14)10-16-19(17,18)11-12-5-2-1-3-6-12/h12-14,16H,1-11H2. The number of rotatable bonds is 5. The van der Waals surface area contributed by atoms with E-state index in [2.05, 4.69) is 20.7 Å². The highest BCUT2D eigenvalue weighted by Crippen LogP contribution is 2.29. The van der Waals surface area contributed by atoms with Crippen molar-refractivity contribution in [3.63, 3.8) is 0 Å². The van der Waals surface area contributed by atoms with Crippen molar-refractivity contribution in [1.82, 2.24) is 4.72 Å². The van der Waals surface area contributed by atoms with E-state index < -0.39 is 10.0 Å². The van der Waals surface area contributed by atoms with Crippen LogP contribution in [-0.4, -0.2) is 25.5 Å². The molecule has 0 heterocycles. The summed E-state index contributed by atoms with van der Waals surface area (Å²) in [7, 11) is -3.06. The zero-order valence-electron chi connectivity index (χ0n) is 11.6. The van der Waals surface area contributed by atoms with Gasteiger partial charge in [0.1, 0.15) is 0 Å². The van der Waals surface area contributed by atoms with Gasteiger partial charge in [0, 0.05) is 11.4 Å². The predicted molar refractivity (Wildman–Crippen MR) is 83.0 cm³/mol. The van der Waals surface area contributed by atoms with Gasteiger partial charge in [-0.15, -0.1) is 0 Å². The molecule has 2 unspecified atom stereocenters. The van der Waals surface area contributed by atoms with Crippen LogP contribution in [0.2, 0.25) is 0 Å². The van der Waals surface area contributed by atoms with E-state index >= 15 is 0 Å². The van der Waals surface area contributed by atoms with Crippen molar-refractivity contribution in [3.8, 4) is 0 Å². The molecule has 0 aromatic heterocycles. The minimum Gasteiger partial charge on any atom is -0.215 e. The summed E-state index contributed by atoms with van der Waals surface area (Å²) >= 11 is 3.65. The Bertz CT molecular complexity index is 366. The van der Waals surface area contributed by atoms with E-state index in [4.69, 9.17) is 0 Å². The number of nitrogens with one attached hydrogen (secondary N) is 1. The van der Waals surface area contributed by atoms with Crippen molar-refractivity contribution in [2.45, 2.75) is 62.6 Å². The topological polar surface area (TPSA) is 46.2 Å². The van der Waals surface area contributed by atoms with Crippen LogP contribution in [0.1, 0.15) is 57.8 Å². The van der Waals surface area contributed by atoms with Crippen molar-refractivity contribution in [2.75, 3.05) is 12.3 Å². The highest BCUT2D eigenvalue weighted by molar-refractivity contribution is 9.09. The van der Waals surface area contributed by atoms with Gasteiger partial charge in [-0.3, -0.25) is 0 Å². The van der Waals surface area contributed by atoms with E-state index in [1.54, 1.807) is 0 Å². The van der Waals surface area contributed by atoms with Crippen LogP contribution in [0.3, 0.4) is 0 Å². The Kier molecular flexibility index (Phi) is 6.15. The lowest BCUT2D eigenvalue weighted by molar-refractivity contribution is 0.363. The minimum atomic E-state index is -3.06. The fourth-order valence-corrected chi connectivity index (χ4v) is 5.79. The molecule has 0 saturated heterocycles. The van der Waals surface area contributed by atoms with Gasteiger partial charge in [0.15, 0.2) is 0 Å². The second-order valence-electron chi connectivity index (χ2n) is 6.26. The average Bonchev–Trinajstić information content (AvgIpc) is 2.37. The van der Waals surface area contributed by atoms with Gasteiger partial charge in [-0.05, 0) is 43.9 Å². The molecule has 0 aromatic carbocycles. The molecule has 2 aliphatic carbocycles. The summed E-state index contributed by atoms with van der Waals surface area (Å²) in [6.07, 6.45) is 10.6. The first-order chi connectivity index (χ1) is 9.05. The molecule has 2 fully saturated rings. The van der Waals surface area contributed by atoms with Crippen molar-refractivity contribution in [2.24, 2.45) is 11.8 Å². The van der Waals surface area contributed by atoms with Gasteiger partial charge in [-0.1, -0.05) is 41.6 Å². The Morgan fingerprint density at radius 1 is 0.947 bits per heavy atom. The fraction of sp³-hybridized carbons (Fsp3) is 1.00. The zero-order chi connectivity index (χ0) is 13.7. The molecule has 19 heavy (non-hydrogen) atoms. The summed E-state index contributed by atoms with van der Waals surface area (Å²) < 4.78 is 27.0. The molecule has 0 spiro atoms. The molecule has 2 saturated carbocycles. The van der Waals surface area contributed by atoms with Crippen molar-refractivity contribution < 1.29 is 8.42 Å². The molecule has 3 nitrogen and oxygen atoms in total. The minimum absolute atomic E-state index is 0.345. The first-order valence-corrected chi connectivity index (χ1v) is 10.2. The van der Waals surface area contributed by atoms with Gasteiger partial charge in [-0.2, -0.15) is 0 Å². The van der Waals surface area contributed by atoms with Crippen molar-refractivity contribution >= 4 is 26.0 Å². The summed E-state index contributed by atoms with van der Waals surface area (Å²) in [5, 5.41) is 0. The number of hydrogen-bond donors (Lipinski definition) is 1. The van der Waals surface area contributed by atoms with E-state index in [0.29, 0.717) is 29.0 Å². The van der Waals surface area contributed by atoms with Gasteiger partial charge >= 0.3 is 0 Å². The normalized spacial score (nSPS) is 30.4. The number of hydrogen-bond acceptors (Lipinski definition) is 2. The SMILES string of the molecule is O=S(=O)(CC1CCCCC1)NCC1CCCC(Br)C1. The maximum absolute atomic E-state index is 12.1. The van der Waals surface area contributed by atoms with Crippen molar-refractivity contribution in [3.05, 3.63) is 0 Å². The number of alkyl halides is 1. The Balaban J connectivity index is 1.73. The first-order valence-electron chi connectivity index (χ1n) is 7.66. The smallest absolute Gasteiger partial charge is 0.211 e. The highest BCUT2D eigenvalue weighted by atomic mass is 79.9. The molecular weight excluding hydrogens is 326 g/mol. The van der Waals surface area contributed by atoms with Crippen LogP contribution in [-0.2, 0) is 10.0 Å². The molecule has 0 amide bonds. The van der Waals surface area contributed by atoms with Crippen LogP contribution in [0, 0.1) is 11.8 Å². The van der Waals surface area contributed by atoms with Gasteiger partial charge in [0.05, 0.1) is 5.75 Å². The highest BCUT2D eigenvalue weighted by Gasteiger charge is 2.24. The maximum atomic E-state index is 12.1. The van der Waals surface area contributed by atoms with E-state index in [1.165, 1.54) is 32.1 Å². The van der Waals surface area contributed by atoms with Crippen LogP contribution in [0.5, 0.6) is 0 Å². The zero-order valence-corrected chi connectivity index (χ0v) is 14.0. The second-order valence-corrected chi connectivity index (χ2v) is 9.41. The van der Waals surface area contributed by atoms with Gasteiger partial charge in [0.2, 0.25) is 10.0 Å². The quantitative estimate of drug-likeness (QED) is 0.771. The fourth-order valence-electron chi connectivity index (χ4n) is 3.38. The average molecular weight is 352 g/mol. The molecule has 2 aliphatic rings. The molecule has 112 valence electrons. The monoisotopic (exact) mass is 351 g/mol. The Morgan fingerprint density at radius 2 is 1.63 bits per heavy atom. The molecule has 5 heteroatoms. The van der Waals surface area contributed by atoms with E-state index in [9.17, 15) is 8.42 Å². The van der Waals surface area contributed by atoms with E-state index in [0.717, 1.165) is 25.7 Å². The summed E-state index contributed by atoms with van der Waals surface area (Å²) in [4.78, 5) is 0.578. The molecule has 0 radical (unpaired) electrons. The third-order valence-corrected chi connectivity index (χ3v) is 6.84. The maximum Gasteiger partial charge on any atom is 0.211 e. The lowest BCUT2D eigenvalue weighted by atomic mass is 9.89. The molecule has 1 N–H and O–H groups in total. The largest absolute Gasteiger partial charge is 0.215 e. The second kappa shape index (κ2) is 7.41. The molecule has 2 atom stereocenters. The predicted octanol–water partition coefficient (Wildman–Crippen LogP) is 3.44.